The molecule has 0 aliphatic carbocycles. The summed E-state index contributed by atoms with van der Waals surface area (Å²) in [7, 11) is 0. The molecule has 0 radical (unpaired) electrons. The summed E-state index contributed by atoms with van der Waals surface area (Å²) in [6.07, 6.45) is 0.149. The van der Waals surface area contributed by atoms with Gasteiger partial charge in [0.25, 0.3) is 0 Å². The van der Waals surface area contributed by atoms with Crippen molar-refractivity contribution in [2.75, 3.05) is 19.7 Å². The van der Waals surface area contributed by atoms with Gasteiger partial charge in [-0.1, -0.05) is 23.7 Å². The molecule has 1 aromatic carbocycles. The lowest BCUT2D eigenvalue weighted by Crippen LogP contribution is -2.28. The Hall–Kier alpha value is -1.26. The van der Waals surface area contributed by atoms with Crippen LogP contribution in [0.1, 0.15) is 12.0 Å². The second-order valence-corrected chi connectivity index (χ2v) is 4.40. The molecule has 92 valence electrons. The first-order chi connectivity index (χ1) is 8.16. The van der Waals surface area contributed by atoms with E-state index in [0.29, 0.717) is 24.7 Å². The van der Waals surface area contributed by atoms with Crippen LogP contribution in [0.25, 0.3) is 0 Å². The maximum atomic E-state index is 10.5. The van der Waals surface area contributed by atoms with Gasteiger partial charge in [-0.25, -0.2) is 0 Å². The SMILES string of the molecule is O=C(O)CCN1CCOc2c(Cl)cccc2C1. The van der Waals surface area contributed by atoms with Gasteiger partial charge in [0.15, 0.2) is 0 Å². The number of rotatable bonds is 3. The number of carboxylic acid groups (broad SMARTS) is 1. The number of nitrogens with zero attached hydrogens (tertiary/aromatic N) is 1. The Kier molecular flexibility index (Phi) is 3.86. The zero-order valence-electron chi connectivity index (χ0n) is 9.36. The van der Waals surface area contributed by atoms with Gasteiger partial charge >= 0.3 is 5.97 Å². The van der Waals surface area contributed by atoms with Crippen LogP contribution in [0, 0.1) is 0 Å². The maximum Gasteiger partial charge on any atom is 0.304 e. The molecular weight excluding hydrogens is 242 g/mol. The second-order valence-electron chi connectivity index (χ2n) is 4.00. The summed E-state index contributed by atoms with van der Waals surface area (Å²) in [5.74, 6) is -0.0477. The zero-order chi connectivity index (χ0) is 12.3. The molecule has 4 nitrogen and oxygen atoms in total. The molecular formula is C12H14ClNO3. The third-order valence-electron chi connectivity index (χ3n) is 2.74. The number of hydrogen-bond donors (Lipinski definition) is 1. The molecule has 0 fully saturated rings. The Morgan fingerprint density at radius 2 is 2.35 bits per heavy atom. The largest absolute Gasteiger partial charge is 0.490 e. The highest BCUT2D eigenvalue weighted by atomic mass is 35.5. The Bertz CT molecular complexity index is 422. The van der Waals surface area contributed by atoms with E-state index in [4.69, 9.17) is 21.4 Å². The first-order valence-corrected chi connectivity index (χ1v) is 5.89. The molecule has 1 aromatic rings. The van der Waals surface area contributed by atoms with Crippen LogP contribution in [0.5, 0.6) is 5.75 Å². The van der Waals surface area contributed by atoms with Gasteiger partial charge in [0.2, 0.25) is 0 Å². The number of fused-ring (bicyclic) bond motifs is 1. The van der Waals surface area contributed by atoms with E-state index in [0.717, 1.165) is 17.9 Å². The van der Waals surface area contributed by atoms with Crippen LogP contribution in [0.4, 0.5) is 0 Å². The highest BCUT2D eigenvalue weighted by molar-refractivity contribution is 6.32. The first kappa shape index (κ1) is 12.2. The van der Waals surface area contributed by atoms with Crippen LogP contribution >= 0.6 is 11.6 Å². The summed E-state index contributed by atoms with van der Waals surface area (Å²) in [4.78, 5) is 12.6. The van der Waals surface area contributed by atoms with Crippen molar-refractivity contribution in [2.45, 2.75) is 13.0 Å². The van der Waals surface area contributed by atoms with Gasteiger partial charge in [0.1, 0.15) is 12.4 Å². The van der Waals surface area contributed by atoms with Crippen LogP contribution < -0.4 is 4.74 Å². The van der Waals surface area contributed by atoms with E-state index in [1.165, 1.54) is 0 Å². The van der Waals surface area contributed by atoms with Crippen molar-refractivity contribution in [1.82, 2.24) is 4.90 Å². The molecule has 1 aliphatic rings. The number of benzene rings is 1. The van der Waals surface area contributed by atoms with Crippen LogP contribution in [-0.2, 0) is 11.3 Å². The summed E-state index contributed by atoms with van der Waals surface area (Å²) >= 11 is 6.05. The highest BCUT2D eigenvalue weighted by Gasteiger charge is 2.17. The standard InChI is InChI=1S/C12H14ClNO3/c13-10-3-1-2-9-8-14(5-4-11(15)16)6-7-17-12(9)10/h1-3H,4-8H2,(H,15,16). The molecule has 0 amide bonds. The molecule has 0 spiro atoms. The van der Waals surface area contributed by atoms with Gasteiger partial charge in [-0.15, -0.1) is 0 Å². The van der Waals surface area contributed by atoms with E-state index in [-0.39, 0.29) is 6.42 Å². The Morgan fingerprint density at radius 3 is 3.12 bits per heavy atom. The number of carboxylic acids is 1. The van der Waals surface area contributed by atoms with Crippen molar-refractivity contribution in [1.29, 1.82) is 0 Å². The van der Waals surface area contributed by atoms with Gasteiger partial charge < -0.3 is 9.84 Å². The lowest BCUT2D eigenvalue weighted by Gasteiger charge is -2.17. The topological polar surface area (TPSA) is 49.8 Å². The summed E-state index contributed by atoms with van der Waals surface area (Å²) in [6, 6.07) is 5.64. The Balaban J connectivity index is 2.09. The Morgan fingerprint density at radius 1 is 1.53 bits per heavy atom. The molecule has 2 rings (SSSR count). The Labute approximate surface area is 105 Å². The minimum atomic E-state index is -0.776. The molecule has 0 aromatic heterocycles. The van der Waals surface area contributed by atoms with Gasteiger partial charge in [-0.3, -0.25) is 9.69 Å². The van der Waals surface area contributed by atoms with E-state index >= 15 is 0 Å². The van der Waals surface area contributed by atoms with Crippen molar-refractivity contribution in [3.8, 4) is 5.75 Å². The van der Waals surface area contributed by atoms with E-state index < -0.39 is 5.97 Å². The third-order valence-corrected chi connectivity index (χ3v) is 3.04. The summed E-state index contributed by atoms with van der Waals surface area (Å²) in [5.41, 5.74) is 1.01. The maximum absolute atomic E-state index is 10.5. The number of hydrogen-bond acceptors (Lipinski definition) is 3. The van der Waals surface area contributed by atoms with Crippen LogP contribution in [0.3, 0.4) is 0 Å². The fraction of sp³-hybridized carbons (Fsp3) is 0.417. The van der Waals surface area contributed by atoms with Crippen LogP contribution in [0.15, 0.2) is 18.2 Å². The fourth-order valence-electron chi connectivity index (χ4n) is 1.88. The summed E-state index contributed by atoms with van der Waals surface area (Å²) in [5, 5.41) is 9.29. The average molecular weight is 256 g/mol. The van der Waals surface area contributed by atoms with Crippen molar-refractivity contribution in [3.63, 3.8) is 0 Å². The van der Waals surface area contributed by atoms with Crippen molar-refractivity contribution >= 4 is 17.6 Å². The van der Waals surface area contributed by atoms with Gasteiger partial charge in [-0.2, -0.15) is 0 Å². The third kappa shape index (κ3) is 3.11. The molecule has 1 N–H and O–H groups in total. The van der Waals surface area contributed by atoms with Crippen LogP contribution in [0.2, 0.25) is 5.02 Å². The van der Waals surface area contributed by atoms with E-state index in [2.05, 4.69) is 4.90 Å². The number of carbonyl (C=O) groups is 1. The molecule has 0 unspecified atom stereocenters. The number of halogens is 1. The normalized spacial score (nSPS) is 15.8. The second kappa shape index (κ2) is 5.38. The number of aliphatic carboxylic acids is 1. The van der Waals surface area contributed by atoms with E-state index in [1.54, 1.807) is 6.07 Å². The minimum Gasteiger partial charge on any atom is -0.490 e. The average Bonchev–Trinajstić information content (AvgIpc) is 2.49. The number of ether oxygens (including phenoxy) is 1. The fourth-order valence-corrected chi connectivity index (χ4v) is 2.13. The van der Waals surface area contributed by atoms with Crippen molar-refractivity contribution in [2.24, 2.45) is 0 Å². The number of para-hydroxylation sites is 1. The van der Waals surface area contributed by atoms with Gasteiger partial charge in [-0.05, 0) is 6.07 Å². The molecule has 1 heterocycles. The molecule has 17 heavy (non-hydrogen) atoms. The molecule has 0 saturated carbocycles. The lowest BCUT2D eigenvalue weighted by atomic mass is 10.2. The predicted molar refractivity (Wildman–Crippen MR) is 64.5 cm³/mol. The van der Waals surface area contributed by atoms with Crippen LogP contribution in [-0.4, -0.2) is 35.7 Å². The predicted octanol–water partition coefficient (Wildman–Crippen LogP) is 2.01. The highest BCUT2D eigenvalue weighted by Crippen LogP contribution is 2.31. The quantitative estimate of drug-likeness (QED) is 0.898. The van der Waals surface area contributed by atoms with Gasteiger partial charge in [0.05, 0.1) is 11.4 Å². The van der Waals surface area contributed by atoms with Crippen molar-refractivity contribution < 1.29 is 14.6 Å². The van der Waals surface area contributed by atoms with E-state index in [9.17, 15) is 4.79 Å². The van der Waals surface area contributed by atoms with Gasteiger partial charge in [0, 0.05) is 25.2 Å². The first-order valence-electron chi connectivity index (χ1n) is 5.51. The molecule has 0 bridgehead atoms. The van der Waals surface area contributed by atoms with Crippen molar-refractivity contribution in [3.05, 3.63) is 28.8 Å². The zero-order valence-corrected chi connectivity index (χ0v) is 10.1. The summed E-state index contributed by atoms with van der Waals surface area (Å²) < 4.78 is 5.60. The molecule has 5 heteroatoms. The summed E-state index contributed by atoms with van der Waals surface area (Å²) in [6.45, 7) is 2.47. The monoisotopic (exact) mass is 255 g/mol. The molecule has 0 atom stereocenters. The van der Waals surface area contributed by atoms with E-state index in [1.807, 2.05) is 12.1 Å². The smallest absolute Gasteiger partial charge is 0.304 e. The lowest BCUT2D eigenvalue weighted by molar-refractivity contribution is -0.137. The minimum absolute atomic E-state index is 0.149. The molecule has 1 aliphatic heterocycles. The molecule has 0 saturated heterocycles.